The van der Waals surface area contributed by atoms with Crippen molar-refractivity contribution in [1.82, 2.24) is 4.90 Å². The quantitative estimate of drug-likeness (QED) is 0.864. The van der Waals surface area contributed by atoms with Crippen LogP contribution >= 0.6 is 0 Å². The van der Waals surface area contributed by atoms with Gasteiger partial charge in [0.15, 0.2) is 11.9 Å². The van der Waals surface area contributed by atoms with Crippen molar-refractivity contribution in [2.24, 2.45) is 11.1 Å². The zero-order chi connectivity index (χ0) is 17.2. The molecule has 2 N–H and O–H groups in total. The number of benzene rings is 1. The highest BCUT2D eigenvalue weighted by Crippen LogP contribution is 2.28. The highest BCUT2D eigenvalue weighted by Gasteiger charge is 2.36. The molecule has 1 fully saturated rings. The van der Waals surface area contributed by atoms with E-state index in [0.717, 1.165) is 6.42 Å². The van der Waals surface area contributed by atoms with Crippen molar-refractivity contribution < 1.29 is 14.3 Å². The van der Waals surface area contributed by atoms with E-state index < -0.39 is 6.10 Å². The van der Waals surface area contributed by atoms with Crippen LogP contribution in [0, 0.1) is 5.41 Å². The van der Waals surface area contributed by atoms with E-state index in [-0.39, 0.29) is 23.1 Å². The van der Waals surface area contributed by atoms with Gasteiger partial charge in [0.2, 0.25) is 0 Å². The third kappa shape index (κ3) is 4.10. The van der Waals surface area contributed by atoms with E-state index in [1.807, 2.05) is 4.90 Å². The first-order chi connectivity index (χ1) is 10.7. The van der Waals surface area contributed by atoms with Gasteiger partial charge in [0.25, 0.3) is 5.91 Å². The number of carbonyl (C=O) groups is 2. The number of piperidine rings is 1. The van der Waals surface area contributed by atoms with E-state index in [0.29, 0.717) is 24.4 Å². The molecule has 0 radical (unpaired) electrons. The normalized spacial score (nSPS) is 21.6. The van der Waals surface area contributed by atoms with Gasteiger partial charge in [-0.05, 0) is 37.8 Å². The topological polar surface area (TPSA) is 72.6 Å². The Bertz CT molecular complexity index is 598. The summed E-state index contributed by atoms with van der Waals surface area (Å²) in [4.78, 5) is 25.9. The van der Waals surface area contributed by atoms with Crippen molar-refractivity contribution in [2.75, 3.05) is 13.1 Å². The van der Waals surface area contributed by atoms with Gasteiger partial charge < -0.3 is 15.4 Å². The summed E-state index contributed by atoms with van der Waals surface area (Å²) in [6, 6.07) is 7.02. The molecule has 1 amide bonds. The van der Waals surface area contributed by atoms with Crippen LogP contribution in [0.15, 0.2) is 24.3 Å². The van der Waals surface area contributed by atoms with E-state index >= 15 is 0 Å². The molecule has 1 aromatic rings. The summed E-state index contributed by atoms with van der Waals surface area (Å²) in [5, 5.41) is 0. The Morgan fingerprint density at radius 2 is 2.09 bits per heavy atom. The highest BCUT2D eigenvalue weighted by molar-refractivity contribution is 5.94. The van der Waals surface area contributed by atoms with Gasteiger partial charge in [-0.2, -0.15) is 0 Å². The third-order valence-electron chi connectivity index (χ3n) is 4.53. The first kappa shape index (κ1) is 17.5. The number of carbonyl (C=O) groups excluding carboxylic acids is 2. The van der Waals surface area contributed by atoms with E-state index in [4.69, 9.17) is 10.5 Å². The molecule has 0 spiro atoms. The Morgan fingerprint density at radius 1 is 1.39 bits per heavy atom. The number of Topliss-reactive ketones (excluding diaryl/α,β-unsaturated/α-hetero) is 1. The molecule has 5 nitrogen and oxygen atoms in total. The van der Waals surface area contributed by atoms with Crippen LogP contribution in [0.1, 0.15) is 44.5 Å². The lowest BCUT2D eigenvalue weighted by atomic mass is 9.79. The Balaban J connectivity index is 2.03. The van der Waals surface area contributed by atoms with Gasteiger partial charge in [0.1, 0.15) is 5.75 Å². The van der Waals surface area contributed by atoms with Crippen LogP contribution in [-0.4, -0.2) is 41.8 Å². The summed E-state index contributed by atoms with van der Waals surface area (Å²) in [5.74, 6) is 0.464. The fourth-order valence-corrected chi connectivity index (χ4v) is 2.86. The van der Waals surface area contributed by atoms with Crippen LogP contribution in [0.3, 0.4) is 0 Å². The number of rotatable bonds is 4. The molecule has 0 saturated carbocycles. The number of amides is 1. The van der Waals surface area contributed by atoms with Gasteiger partial charge >= 0.3 is 0 Å². The fourth-order valence-electron chi connectivity index (χ4n) is 2.86. The molecule has 1 aliphatic heterocycles. The minimum atomic E-state index is -0.595. The maximum atomic E-state index is 12.6. The zero-order valence-electron chi connectivity index (χ0n) is 14.3. The second-order valence-corrected chi connectivity index (χ2v) is 6.99. The number of likely N-dealkylation sites (tertiary alicyclic amines) is 1. The van der Waals surface area contributed by atoms with Crippen LogP contribution in [0.25, 0.3) is 0 Å². The summed E-state index contributed by atoms with van der Waals surface area (Å²) in [7, 11) is 0. The molecule has 1 aromatic carbocycles. The second-order valence-electron chi connectivity index (χ2n) is 6.99. The summed E-state index contributed by atoms with van der Waals surface area (Å²) < 4.78 is 5.74. The first-order valence-corrected chi connectivity index (χ1v) is 8.03. The average molecular weight is 318 g/mol. The Kier molecular flexibility index (Phi) is 5.09. The van der Waals surface area contributed by atoms with Gasteiger partial charge in [0.05, 0.1) is 0 Å². The molecular weight excluding hydrogens is 292 g/mol. The van der Waals surface area contributed by atoms with Crippen LogP contribution < -0.4 is 10.5 Å². The molecule has 0 aliphatic carbocycles. The van der Waals surface area contributed by atoms with Crippen LogP contribution in [0.2, 0.25) is 0 Å². The molecule has 1 heterocycles. The molecule has 5 heteroatoms. The summed E-state index contributed by atoms with van der Waals surface area (Å²) in [6.45, 7) is 8.70. The monoisotopic (exact) mass is 318 g/mol. The molecule has 1 aliphatic rings. The van der Waals surface area contributed by atoms with Crippen molar-refractivity contribution in [3.8, 4) is 5.75 Å². The zero-order valence-corrected chi connectivity index (χ0v) is 14.3. The average Bonchev–Trinajstić information content (AvgIpc) is 2.49. The standard InChI is InChI=1S/C18H26N2O3/c1-12(21)14-6-5-7-15(10-14)23-13(2)17(22)20-9-8-16(19)18(3,4)11-20/h5-7,10,13,16H,8-9,11,19H2,1-4H3. The molecule has 2 atom stereocenters. The van der Waals surface area contributed by atoms with Crippen LogP contribution in [0.4, 0.5) is 0 Å². The molecular formula is C18H26N2O3. The number of nitrogens with two attached hydrogens (primary N) is 1. The lowest BCUT2D eigenvalue weighted by molar-refractivity contribution is -0.141. The number of nitrogens with zero attached hydrogens (tertiary/aromatic N) is 1. The molecule has 2 rings (SSSR count). The van der Waals surface area contributed by atoms with Crippen molar-refractivity contribution in [3.63, 3.8) is 0 Å². The summed E-state index contributed by atoms with van der Waals surface area (Å²) in [5.41, 5.74) is 6.60. The number of hydrogen-bond donors (Lipinski definition) is 1. The largest absolute Gasteiger partial charge is 0.481 e. The van der Waals surface area contributed by atoms with E-state index in [1.165, 1.54) is 6.92 Å². The summed E-state index contributed by atoms with van der Waals surface area (Å²) in [6.07, 6.45) is 0.202. The smallest absolute Gasteiger partial charge is 0.263 e. The number of hydrogen-bond acceptors (Lipinski definition) is 4. The van der Waals surface area contributed by atoms with E-state index in [9.17, 15) is 9.59 Å². The van der Waals surface area contributed by atoms with Crippen LogP contribution in [-0.2, 0) is 4.79 Å². The molecule has 0 aromatic heterocycles. The minimum absolute atomic E-state index is 0.0267. The van der Waals surface area contributed by atoms with Gasteiger partial charge in [-0.25, -0.2) is 0 Å². The first-order valence-electron chi connectivity index (χ1n) is 8.03. The molecule has 0 bridgehead atoms. The van der Waals surface area contributed by atoms with Gasteiger partial charge in [-0.15, -0.1) is 0 Å². The van der Waals surface area contributed by atoms with Crippen LogP contribution in [0.5, 0.6) is 5.75 Å². The lowest BCUT2D eigenvalue weighted by Gasteiger charge is -2.43. The lowest BCUT2D eigenvalue weighted by Crippen LogP contribution is -2.56. The molecule has 126 valence electrons. The Morgan fingerprint density at radius 3 is 2.70 bits per heavy atom. The number of ether oxygens (including phenoxy) is 1. The van der Waals surface area contributed by atoms with Gasteiger partial charge in [-0.1, -0.05) is 26.0 Å². The predicted octanol–water partition coefficient (Wildman–Crippen LogP) is 2.24. The molecule has 2 unspecified atom stereocenters. The van der Waals surface area contributed by atoms with Crippen molar-refractivity contribution in [1.29, 1.82) is 0 Å². The summed E-state index contributed by atoms with van der Waals surface area (Å²) >= 11 is 0. The maximum Gasteiger partial charge on any atom is 0.263 e. The Labute approximate surface area is 137 Å². The SMILES string of the molecule is CC(=O)c1cccc(OC(C)C(=O)N2CCC(N)C(C)(C)C2)c1. The Hall–Kier alpha value is -1.88. The van der Waals surface area contributed by atoms with Gasteiger partial charge in [-0.3, -0.25) is 9.59 Å². The minimum Gasteiger partial charge on any atom is -0.481 e. The predicted molar refractivity (Wildman–Crippen MR) is 89.5 cm³/mol. The van der Waals surface area contributed by atoms with E-state index in [2.05, 4.69) is 13.8 Å². The van der Waals surface area contributed by atoms with Gasteiger partial charge in [0, 0.05) is 24.7 Å². The van der Waals surface area contributed by atoms with Crippen molar-refractivity contribution in [3.05, 3.63) is 29.8 Å². The van der Waals surface area contributed by atoms with Crippen molar-refractivity contribution >= 4 is 11.7 Å². The fraction of sp³-hybridized carbons (Fsp3) is 0.556. The molecule has 23 heavy (non-hydrogen) atoms. The highest BCUT2D eigenvalue weighted by atomic mass is 16.5. The number of ketones is 1. The third-order valence-corrected chi connectivity index (χ3v) is 4.53. The van der Waals surface area contributed by atoms with Crippen molar-refractivity contribution in [2.45, 2.75) is 46.3 Å². The molecule has 1 saturated heterocycles. The second kappa shape index (κ2) is 6.71. The maximum absolute atomic E-state index is 12.6. The van der Waals surface area contributed by atoms with E-state index in [1.54, 1.807) is 31.2 Å².